The zero-order valence-corrected chi connectivity index (χ0v) is 40.8. The number of allylic oxidation sites excluding steroid dienone is 3. The van der Waals surface area contributed by atoms with Crippen molar-refractivity contribution in [2.45, 2.75) is 99.6 Å². The summed E-state index contributed by atoms with van der Waals surface area (Å²) in [7, 11) is 0.728. The molecule has 1 amide bonds. The van der Waals surface area contributed by atoms with Gasteiger partial charge in [0.15, 0.2) is 18.4 Å². The highest BCUT2D eigenvalue weighted by atomic mass is 33.1. The Kier molecular flexibility index (Phi) is 15.9. The van der Waals surface area contributed by atoms with Crippen LogP contribution in [0.25, 0.3) is 21.8 Å². The molecule has 15 nitrogen and oxygen atoms in total. The van der Waals surface area contributed by atoms with Crippen LogP contribution >= 0.6 is 11.8 Å². The van der Waals surface area contributed by atoms with Crippen LogP contribution in [0, 0.1) is 29.6 Å². The molecular formula is C47H54N4O11S4. The van der Waals surface area contributed by atoms with Crippen LogP contribution in [0.15, 0.2) is 71.6 Å². The summed E-state index contributed by atoms with van der Waals surface area (Å²) in [5, 5.41) is 32.5. The van der Waals surface area contributed by atoms with Gasteiger partial charge in [-0.1, -0.05) is 69.0 Å². The molecule has 66 heavy (non-hydrogen) atoms. The summed E-state index contributed by atoms with van der Waals surface area (Å²) in [6, 6.07) is 9.45. The first-order valence-electron chi connectivity index (χ1n) is 21.4. The number of aliphatic hydroxyl groups excluding tert-OH is 2. The van der Waals surface area contributed by atoms with Crippen molar-refractivity contribution in [1.82, 2.24) is 20.6 Å². The Labute approximate surface area is 398 Å². The number of fused-ring (bicyclic) bond motifs is 4. The van der Waals surface area contributed by atoms with Crippen molar-refractivity contribution in [3.63, 3.8) is 0 Å². The molecule has 2 aliphatic carbocycles. The number of alkyl carbamates (subject to hydrolysis) is 1. The average molecular weight is 979 g/mol. The van der Waals surface area contributed by atoms with Gasteiger partial charge < -0.3 is 48.9 Å². The molecule has 2 saturated heterocycles. The maximum Gasteiger partial charge on any atom is 0.411 e. The zero-order valence-electron chi connectivity index (χ0n) is 37.5. The Morgan fingerprint density at radius 2 is 1.89 bits per heavy atom. The maximum absolute atomic E-state index is 15.3. The lowest BCUT2D eigenvalue weighted by Gasteiger charge is -2.51. The second-order valence-electron chi connectivity index (χ2n) is 16.7. The van der Waals surface area contributed by atoms with Gasteiger partial charge in [-0.2, -0.15) is 0 Å². The molecule has 3 aromatic rings. The smallest absolute Gasteiger partial charge is 0.411 e. The molecule has 4 aliphatic rings. The van der Waals surface area contributed by atoms with E-state index in [-0.39, 0.29) is 59.5 Å². The summed E-state index contributed by atoms with van der Waals surface area (Å²) in [6.45, 7) is 5.90. The summed E-state index contributed by atoms with van der Waals surface area (Å²) in [4.78, 5) is 49.9. The Morgan fingerprint density at radius 3 is 2.61 bits per heavy atom. The first-order chi connectivity index (χ1) is 31.5. The molecule has 4 heterocycles. The molecular weight excluding hydrogens is 925 g/mol. The Hall–Kier alpha value is -4.06. The van der Waals surface area contributed by atoms with E-state index < -0.39 is 85.0 Å². The van der Waals surface area contributed by atoms with E-state index in [4.69, 9.17) is 50.8 Å². The largest absolute Gasteiger partial charge is 0.453 e. The second-order valence-corrected chi connectivity index (χ2v) is 25.1. The third-order valence-corrected chi connectivity index (χ3v) is 15.1. The number of carbonyl (C=O) groups excluding carboxylic acids is 3. The fourth-order valence-electron chi connectivity index (χ4n) is 8.96. The van der Waals surface area contributed by atoms with Gasteiger partial charge in [-0.3, -0.25) is 19.9 Å². The molecule has 2 fully saturated rings. The van der Waals surface area contributed by atoms with E-state index in [1.165, 1.54) is 12.2 Å². The van der Waals surface area contributed by atoms with Crippen LogP contribution in [-0.2, 0) is 62.7 Å². The first-order valence-corrected chi connectivity index (χ1v) is 26.7. The molecule has 2 aromatic heterocycles. The Bertz CT molecular complexity index is 2700. The number of para-hydroxylation sites is 1. The van der Waals surface area contributed by atoms with Crippen LogP contribution in [0.4, 0.5) is 4.79 Å². The van der Waals surface area contributed by atoms with E-state index in [9.17, 15) is 19.8 Å². The van der Waals surface area contributed by atoms with Gasteiger partial charge in [0, 0.05) is 59.8 Å². The first kappa shape index (κ1) is 49.8. The molecule has 9 unspecified atom stereocenters. The van der Waals surface area contributed by atoms with Gasteiger partial charge in [-0.25, -0.2) is 4.79 Å². The lowest BCUT2D eigenvalue weighted by atomic mass is 9.82. The number of hydrogen-bond donors (Lipinski definition) is 5. The minimum Gasteiger partial charge on any atom is -0.453 e. The number of rotatable bonds is 13. The maximum atomic E-state index is 15.3. The van der Waals surface area contributed by atoms with Gasteiger partial charge in [-0.15, -0.1) is 11.8 Å². The number of amides is 1. The number of aromatic nitrogens is 2. The minimum atomic E-state index is -2.03. The van der Waals surface area contributed by atoms with Gasteiger partial charge in [0.1, 0.15) is 28.8 Å². The molecule has 352 valence electrons. The normalized spacial score (nSPS) is 31.4. The standard InChI is InChI=1S/C47H54N4O11S4/c1-25(2)49-32-24-59-37(23-36(32)57-4)62-42-44(55)47(65-6,43(54)41-40-28(18-20-48-41)27-14-12-13-16-31(27)50-40)26(3)60-45(42)61-35-17-11-9-8-10-15-30-38(35)29(19-21-66(7,63)64)33(52)22-34(53)39(30)51-46(56)58-5/h8-9,12-14,16,18-20,25-26,32-33,35-38,42,44-45,49-50,52,55H,21-24H2,1-7H3,(H,51,56)/b9-8-,29-19-/t26?,32?,33-,35-,36?,37?,38?,42?,44?,45?,47?/m0/s1. The van der Waals surface area contributed by atoms with Gasteiger partial charge in [0.2, 0.25) is 5.78 Å². The van der Waals surface area contributed by atoms with Crippen LogP contribution in [0.5, 0.6) is 0 Å². The van der Waals surface area contributed by atoms with Gasteiger partial charge in [0.05, 0.1) is 55.2 Å². The van der Waals surface area contributed by atoms with Crippen LogP contribution < -0.4 is 10.6 Å². The van der Waals surface area contributed by atoms with E-state index in [0.29, 0.717) is 5.52 Å². The fraction of sp³-hybridized carbons (Fsp3) is 0.489. The van der Waals surface area contributed by atoms with E-state index >= 15 is 4.79 Å². The summed E-state index contributed by atoms with van der Waals surface area (Å²) in [5.41, 5.74) is 1.53. The summed E-state index contributed by atoms with van der Waals surface area (Å²) in [5.74, 6) is 9.86. The van der Waals surface area contributed by atoms with E-state index in [1.54, 1.807) is 38.8 Å². The van der Waals surface area contributed by atoms with E-state index in [2.05, 4.69) is 44.3 Å². The molecule has 2 aliphatic heterocycles. The molecule has 5 N–H and O–H groups in total. The summed E-state index contributed by atoms with van der Waals surface area (Å²) < 4.78 is 35.8. The number of aliphatic hydroxyl groups is 2. The lowest BCUT2D eigenvalue weighted by molar-refractivity contribution is -0.326. The van der Waals surface area contributed by atoms with Crippen LogP contribution in [0.2, 0.25) is 0 Å². The topological polar surface area (TPSA) is 200 Å². The SMILES string of the molecule is COC(=O)NC1=C2C#C/C=C\C#C[C@H](OC3OC(C)C(SC)(C(=O)c4nccc5c4[nH]c4ccccc45)C(O)C3OC3CC(OC)C(NC(C)C)CO3)C2/C(=C\CS(C)(=S)=S)[C@@H](O)CC1=O. The number of pyridine rings is 1. The number of Topliss-reactive ketones (excluding diaryl/α,β-unsaturated/α-hetero) is 2. The lowest BCUT2D eigenvalue weighted by Crippen LogP contribution is -2.69. The molecule has 1 aromatic carbocycles. The van der Waals surface area contributed by atoms with E-state index in [0.717, 1.165) is 35.2 Å². The van der Waals surface area contributed by atoms with Crippen molar-refractivity contribution in [2.24, 2.45) is 5.92 Å². The number of aromatic amines is 1. The fourth-order valence-corrected chi connectivity index (χ4v) is 10.9. The van der Waals surface area contributed by atoms with E-state index in [1.807, 2.05) is 44.2 Å². The number of H-pyrrole nitrogens is 1. The Balaban J connectivity index is 1.35. The monoisotopic (exact) mass is 978 g/mol. The number of ketones is 2. The highest BCUT2D eigenvalue weighted by Gasteiger charge is 2.61. The zero-order chi connectivity index (χ0) is 47.5. The number of nitrogens with one attached hydrogen (secondary N) is 3. The molecule has 7 rings (SSSR count). The third kappa shape index (κ3) is 10.3. The molecule has 0 spiro atoms. The number of methoxy groups -OCH3 is 2. The van der Waals surface area contributed by atoms with Gasteiger partial charge in [-0.05, 0) is 71.7 Å². The molecule has 0 radical (unpaired) electrons. The van der Waals surface area contributed by atoms with Crippen molar-refractivity contribution in [1.29, 1.82) is 0 Å². The van der Waals surface area contributed by atoms with Crippen molar-refractivity contribution in [3.05, 3.63) is 77.3 Å². The van der Waals surface area contributed by atoms with Crippen LogP contribution in [0.3, 0.4) is 0 Å². The number of nitrogens with zero attached hydrogens (tertiary/aromatic N) is 1. The highest BCUT2D eigenvalue weighted by Crippen LogP contribution is 2.46. The molecule has 0 bridgehead atoms. The average Bonchev–Trinajstić information content (AvgIpc) is 3.67. The second kappa shape index (κ2) is 21.1. The molecule has 0 saturated carbocycles. The summed E-state index contributed by atoms with van der Waals surface area (Å²) >= 11 is 12.3. The number of ether oxygens (including phenoxy) is 6. The van der Waals surface area contributed by atoms with Crippen LogP contribution in [0.1, 0.15) is 44.1 Å². The van der Waals surface area contributed by atoms with Gasteiger partial charge >= 0.3 is 6.09 Å². The Morgan fingerprint density at radius 1 is 1.14 bits per heavy atom. The summed E-state index contributed by atoms with van der Waals surface area (Å²) in [6.07, 6.45) is -1.21. The number of benzene rings is 1. The predicted octanol–water partition coefficient (Wildman–Crippen LogP) is 3.78. The highest BCUT2D eigenvalue weighted by molar-refractivity contribution is 8.56. The number of thioether (sulfide) groups is 1. The minimum absolute atomic E-state index is 0.0692. The number of hydrogen-bond acceptors (Lipinski definition) is 16. The predicted molar refractivity (Wildman–Crippen MR) is 259 cm³/mol. The van der Waals surface area contributed by atoms with Gasteiger partial charge in [0.25, 0.3) is 0 Å². The van der Waals surface area contributed by atoms with Crippen molar-refractivity contribution in [2.75, 3.05) is 39.1 Å². The molecule has 19 heteroatoms. The van der Waals surface area contributed by atoms with Crippen molar-refractivity contribution < 1.29 is 53.0 Å². The molecule has 11 atom stereocenters. The van der Waals surface area contributed by atoms with Crippen molar-refractivity contribution >= 4 is 80.8 Å². The quantitative estimate of drug-likeness (QED) is 0.0942. The number of carbonyl (C=O) groups is 3. The van der Waals surface area contributed by atoms with Crippen LogP contribution in [-0.4, -0.2) is 143 Å². The third-order valence-electron chi connectivity index (χ3n) is 12.1. The van der Waals surface area contributed by atoms with Crippen molar-refractivity contribution in [3.8, 4) is 23.7 Å².